The molecule has 0 aliphatic carbocycles. The Kier molecular flexibility index (Phi) is 4.28. The molecule has 3 nitrogen and oxygen atoms in total. The highest BCUT2D eigenvalue weighted by Crippen LogP contribution is 2.25. The first-order valence-electron chi connectivity index (χ1n) is 5.57. The van der Waals surface area contributed by atoms with Crippen LogP contribution in [0.5, 0.6) is 0 Å². The molecule has 0 amide bonds. The normalized spacial score (nSPS) is 14.4. The van der Waals surface area contributed by atoms with Crippen LogP contribution in [0.1, 0.15) is 26.7 Å². The number of nitrogens with two attached hydrogens (primary N) is 1. The van der Waals surface area contributed by atoms with E-state index in [1.165, 1.54) is 6.07 Å². The van der Waals surface area contributed by atoms with Gasteiger partial charge in [-0.1, -0.05) is 13.3 Å². The van der Waals surface area contributed by atoms with E-state index >= 15 is 0 Å². The van der Waals surface area contributed by atoms with Crippen LogP contribution in [0.2, 0.25) is 0 Å². The van der Waals surface area contributed by atoms with Gasteiger partial charge < -0.3 is 16.2 Å². The first-order valence-corrected chi connectivity index (χ1v) is 5.57. The van der Waals surface area contributed by atoms with E-state index in [0.29, 0.717) is 6.42 Å². The summed E-state index contributed by atoms with van der Waals surface area (Å²) in [5.74, 6) is -1.98. The van der Waals surface area contributed by atoms with Crippen LogP contribution in [0, 0.1) is 11.6 Å². The number of benzene rings is 1. The smallest absolute Gasteiger partial charge is 0.183 e. The van der Waals surface area contributed by atoms with Crippen LogP contribution in [0.15, 0.2) is 12.1 Å². The highest BCUT2D eigenvalue weighted by molar-refractivity contribution is 5.66. The summed E-state index contributed by atoms with van der Waals surface area (Å²) in [5, 5.41) is 12.6. The highest BCUT2D eigenvalue weighted by Gasteiger charge is 2.20. The number of nitrogen functional groups attached to an aromatic ring is 1. The van der Waals surface area contributed by atoms with Crippen molar-refractivity contribution in [3.8, 4) is 0 Å². The molecule has 0 aliphatic rings. The Balaban J connectivity index is 2.79. The second kappa shape index (κ2) is 5.31. The Labute approximate surface area is 99.6 Å². The molecule has 1 unspecified atom stereocenters. The van der Waals surface area contributed by atoms with Gasteiger partial charge in [-0.2, -0.15) is 0 Å². The largest absolute Gasteiger partial charge is 0.397 e. The average molecular weight is 244 g/mol. The zero-order valence-electron chi connectivity index (χ0n) is 10.1. The number of rotatable bonds is 5. The molecule has 0 spiro atoms. The van der Waals surface area contributed by atoms with Crippen LogP contribution in [0.3, 0.4) is 0 Å². The maximum absolute atomic E-state index is 13.4. The number of aliphatic hydroxyl groups is 1. The van der Waals surface area contributed by atoms with Gasteiger partial charge in [0.25, 0.3) is 0 Å². The van der Waals surface area contributed by atoms with Gasteiger partial charge >= 0.3 is 0 Å². The minimum atomic E-state index is -1.02. The summed E-state index contributed by atoms with van der Waals surface area (Å²) in [7, 11) is 0. The van der Waals surface area contributed by atoms with E-state index in [-0.39, 0.29) is 17.9 Å². The Morgan fingerprint density at radius 3 is 2.65 bits per heavy atom. The minimum Gasteiger partial charge on any atom is -0.397 e. The van der Waals surface area contributed by atoms with Crippen molar-refractivity contribution in [2.24, 2.45) is 0 Å². The zero-order chi connectivity index (χ0) is 13.1. The first-order chi connectivity index (χ1) is 7.87. The fourth-order valence-corrected chi connectivity index (χ4v) is 1.65. The van der Waals surface area contributed by atoms with Crippen molar-refractivity contribution in [3.63, 3.8) is 0 Å². The number of halogens is 2. The van der Waals surface area contributed by atoms with E-state index in [1.807, 2.05) is 6.92 Å². The number of hydrogen-bond acceptors (Lipinski definition) is 3. The summed E-state index contributed by atoms with van der Waals surface area (Å²) >= 11 is 0. The van der Waals surface area contributed by atoms with Crippen LogP contribution >= 0.6 is 0 Å². The molecule has 1 atom stereocenters. The molecule has 96 valence electrons. The minimum absolute atomic E-state index is 0.0959. The van der Waals surface area contributed by atoms with Gasteiger partial charge in [0.1, 0.15) is 0 Å². The molecule has 1 aromatic carbocycles. The quantitative estimate of drug-likeness (QED) is 0.697. The third kappa shape index (κ3) is 3.56. The lowest BCUT2D eigenvalue weighted by Crippen LogP contribution is -2.33. The summed E-state index contributed by atoms with van der Waals surface area (Å²) in [4.78, 5) is 0. The van der Waals surface area contributed by atoms with E-state index in [9.17, 15) is 13.9 Å². The van der Waals surface area contributed by atoms with E-state index in [1.54, 1.807) is 6.92 Å². The van der Waals surface area contributed by atoms with Gasteiger partial charge in [0.15, 0.2) is 11.6 Å². The molecule has 0 aliphatic heterocycles. The van der Waals surface area contributed by atoms with Gasteiger partial charge in [-0.05, 0) is 25.5 Å². The second-order valence-electron chi connectivity index (χ2n) is 4.43. The maximum atomic E-state index is 13.4. The molecule has 0 saturated carbocycles. The number of anilines is 2. The SMILES string of the molecule is CCCC(C)(O)CNc1c(N)ccc(F)c1F. The van der Waals surface area contributed by atoms with Crippen LogP contribution in [-0.4, -0.2) is 17.3 Å². The molecule has 1 rings (SSSR count). The molecule has 17 heavy (non-hydrogen) atoms. The average Bonchev–Trinajstić information content (AvgIpc) is 2.23. The Hall–Kier alpha value is -1.36. The lowest BCUT2D eigenvalue weighted by molar-refractivity contribution is 0.0636. The predicted octanol–water partition coefficient (Wildman–Crippen LogP) is 2.51. The molecule has 5 heteroatoms. The summed E-state index contributed by atoms with van der Waals surface area (Å²) in [6.45, 7) is 3.69. The van der Waals surface area contributed by atoms with Crippen molar-refractivity contribution < 1.29 is 13.9 Å². The van der Waals surface area contributed by atoms with Crippen LogP contribution in [0.25, 0.3) is 0 Å². The molecule has 0 bridgehead atoms. The van der Waals surface area contributed by atoms with Crippen molar-refractivity contribution in [2.45, 2.75) is 32.3 Å². The van der Waals surface area contributed by atoms with Crippen LogP contribution in [-0.2, 0) is 0 Å². The van der Waals surface area contributed by atoms with Crippen LogP contribution < -0.4 is 11.1 Å². The predicted molar refractivity (Wildman–Crippen MR) is 64.8 cm³/mol. The van der Waals surface area contributed by atoms with Gasteiger partial charge in [0.05, 0.1) is 17.0 Å². The number of hydrogen-bond donors (Lipinski definition) is 3. The molecule has 0 saturated heterocycles. The summed E-state index contributed by atoms with van der Waals surface area (Å²) in [5.41, 5.74) is 4.60. The van der Waals surface area contributed by atoms with Crippen LogP contribution in [0.4, 0.5) is 20.2 Å². The molecular formula is C12H18F2N2O. The molecule has 1 aromatic rings. The summed E-state index contributed by atoms with van der Waals surface area (Å²) < 4.78 is 26.4. The van der Waals surface area contributed by atoms with Crippen molar-refractivity contribution in [2.75, 3.05) is 17.6 Å². The molecule has 0 fully saturated rings. The van der Waals surface area contributed by atoms with Crippen molar-refractivity contribution >= 4 is 11.4 Å². The van der Waals surface area contributed by atoms with Crippen molar-refractivity contribution in [3.05, 3.63) is 23.8 Å². The topological polar surface area (TPSA) is 58.3 Å². The molecular weight excluding hydrogens is 226 g/mol. The maximum Gasteiger partial charge on any atom is 0.183 e. The van der Waals surface area contributed by atoms with Gasteiger partial charge in [-0.15, -0.1) is 0 Å². The van der Waals surface area contributed by atoms with E-state index in [2.05, 4.69) is 5.32 Å². The lowest BCUT2D eigenvalue weighted by Gasteiger charge is -2.24. The van der Waals surface area contributed by atoms with Gasteiger partial charge in [-0.3, -0.25) is 0 Å². The molecule has 0 heterocycles. The van der Waals surface area contributed by atoms with Gasteiger partial charge in [0.2, 0.25) is 0 Å². The Bertz CT molecular complexity index is 394. The third-order valence-electron chi connectivity index (χ3n) is 2.56. The second-order valence-corrected chi connectivity index (χ2v) is 4.43. The van der Waals surface area contributed by atoms with E-state index in [0.717, 1.165) is 12.5 Å². The summed E-state index contributed by atoms with van der Waals surface area (Å²) in [6, 6.07) is 2.26. The summed E-state index contributed by atoms with van der Waals surface area (Å²) in [6.07, 6.45) is 1.37. The fraction of sp³-hybridized carbons (Fsp3) is 0.500. The Morgan fingerprint density at radius 1 is 1.41 bits per heavy atom. The monoisotopic (exact) mass is 244 g/mol. The standard InChI is InChI=1S/C12H18F2N2O/c1-3-6-12(2,17)7-16-11-9(15)5-4-8(13)10(11)14/h4-5,16-17H,3,6-7,15H2,1-2H3. The first kappa shape index (κ1) is 13.7. The van der Waals surface area contributed by atoms with E-state index in [4.69, 9.17) is 5.73 Å². The van der Waals surface area contributed by atoms with Crippen molar-refractivity contribution in [1.82, 2.24) is 0 Å². The highest BCUT2D eigenvalue weighted by atomic mass is 19.2. The van der Waals surface area contributed by atoms with Crippen molar-refractivity contribution in [1.29, 1.82) is 0 Å². The molecule has 0 aromatic heterocycles. The third-order valence-corrected chi connectivity index (χ3v) is 2.56. The fourth-order valence-electron chi connectivity index (χ4n) is 1.65. The number of nitrogens with one attached hydrogen (secondary N) is 1. The van der Waals surface area contributed by atoms with E-state index < -0.39 is 17.2 Å². The Morgan fingerprint density at radius 2 is 2.06 bits per heavy atom. The zero-order valence-corrected chi connectivity index (χ0v) is 10.1. The molecule has 0 radical (unpaired) electrons. The van der Waals surface area contributed by atoms with Gasteiger partial charge in [-0.25, -0.2) is 8.78 Å². The van der Waals surface area contributed by atoms with Gasteiger partial charge in [0, 0.05) is 6.54 Å². The molecule has 4 N–H and O–H groups in total. The lowest BCUT2D eigenvalue weighted by atomic mass is 10.0.